The molecule has 28 heavy (non-hydrogen) atoms. The maximum Gasteiger partial charge on any atom is 0.638 e. The molecule has 0 aliphatic carbocycles. The number of aliphatic hydroxyl groups is 1. The molecule has 0 atom stereocenters. The van der Waals surface area contributed by atoms with Gasteiger partial charge >= 0.3 is 26.4 Å². The lowest BCUT2D eigenvalue weighted by molar-refractivity contribution is 0.0942. The fourth-order valence-corrected chi connectivity index (χ4v) is 21.8. The topological polar surface area (TPSA) is 84.8 Å². The van der Waals surface area contributed by atoms with Gasteiger partial charge in [0.25, 0.3) is 0 Å². The molecule has 0 bridgehead atoms. The summed E-state index contributed by atoms with van der Waals surface area (Å²) in [5, 5.41) is 9.79. The molecular weight excluding hydrogens is 465 g/mol. The van der Waals surface area contributed by atoms with Crippen molar-refractivity contribution in [3.8, 4) is 0 Å². The minimum Gasteiger partial charge on any atom is -0.396 e. The van der Waals surface area contributed by atoms with Crippen molar-refractivity contribution in [2.45, 2.75) is 72.0 Å². The van der Waals surface area contributed by atoms with Crippen LogP contribution in [0.3, 0.4) is 0 Å². The van der Waals surface area contributed by atoms with Gasteiger partial charge in [-0.2, -0.15) is 0 Å². The molecule has 0 rings (SSSR count). The van der Waals surface area contributed by atoms with Crippen LogP contribution in [0.1, 0.15) is 0 Å². The Morgan fingerprint density at radius 2 is 0.857 bits per heavy atom. The van der Waals surface area contributed by atoms with Gasteiger partial charge in [0.2, 0.25) is 0 Å². The molecule has 0 aromatic heterocycles. The fraction of sp³-hybridized carbons (Fsp3) is 1.00. The SMILES string of the molecule is CO[Si](CO)(OC)O[Si](C)(C)O[Si](O[Si](C)(C)C)(O[Si](C)(C)C)O[Si](C)(C)C. The first-order chi connectivity index (χ1) is 12.2. The van der Waals surface area contributed by atoms with Crippen molar-refractivity contribution < 1.29 is 34.5 Å². The third-order valence-electron chi connectivity index (χ3n) is 2.88. The molecule has 0 heterocycles. The fourth-order valence-electron chi connectivity index (χ4n) is 2.27. The summed E-state index contributed by atoms with van der Waals surface area (Å²) < 4.78 is 43.2. The maximum atomic E-state index is 9.79. The Bertz CT molecular complexity index is 433. The van der Waals surface area contributed by atoms with Crippen LogP contribution in [0, 0.1) is 0 Å². The van der Waals surface area contributed by atoms with Crippen LogP contribution in [0.4, 0.5) is 0 Å². The van der Waals surface area contributed by atoms with Gasteiger partial charge in [-0.15, -0.1) is 0 Å². The third kappa shape index (κ3) is 11.4. The van der Waals surface area contributed by atoms with Crippen LogP contribution in [0.25, 0.3) is 0 Å². The smallest absolute Gasteiger partial charge is 0.396 e. The van der Waals surface area contributed by atoms with Crippen LogP contribution in [-0.2, 0) is 29.4 Å². The highest BCUT2D eigenvalue weighted by molar-refractivity contribution is 6.91. The molecule has 0 saturated heterocycles. The lowest BCUT2D eigenvalue weighted by atomic mass is 11.7. The van der Waals surface area contributed by atoms with Gasteiger partial charge < -0.3 is 34.5 Å². The van der Waals surface area contributed by atoms with Gasteiger partial charge in [-0.1, -0.05) is 0 Å². The van der Waals surface area contributed by atoms with Crippen LogP contribution in [-0.4, -0.2) is 76.9 Å². The lowest BCUT2D eigenvalue weighted by Gasteiger charge is -2.45. The molecule has 0 spiro atoms. The van der Waals surface area contributed by atoms with Crippen molar-refractivity contribution in [2.24, 2.45) is 0 Å². The molecule has 0 unspecified atom stereocenters. The highest BCUT2D eigenvalue weighted by Gasteiger charge is 2.59. The van der Waals surface area contributed by atoms with E-state index in [1.807, 2.05) is 13.1 Å². The summed E-state index contributed by atoms with van der Waals surface area (Å²) in [5.74, 6) is 0. The largest absolute Gasteiger partial charge is 0.638 e. The summed E-state index contributed by atoms with van der Waals surface area (Å²) in [7, 11) is -13.0. The molecule has 170 valence electrons. The van der Waals surface area contributed by atoms with Gasteiger partial charge in [0, 0.05) is 14.2 Å². The van der Waals surface area contributed by atoms with E-state index in [-0.39, 0.29) is 6.23 Å². The molecule has 8 nitrogen and oxygen atoms in total. The molecule has 0 aromatic rings. The third-order valence-corrected chi connectivity index (χ3v) is 21.0. The van der Waals surface area contributed by atoms with Crippen molar-refractivity contribution >= 4 is 51.4 Å². The van der Waals surface area contributed by atoms with Gasteiger partial charge in [-0.05, 0) is 72.0 Å². The molecule has 0 aliphatic rings. The summed E-state index contributed by atoms with van der Waals surface area (Å²) in [6.45, 7) is 22.5. The van der Waals surface area contributed by atoms with E-state index in [2.05, 4.69) is 58.9 Å². The monoisotopic (exact) mass is 506 g/mol. The van der Waals surface area contributed by atoms with E-state index < -0.39 is 51.4 Å². The molecule has 0 radical (unpaired) electrons. The first kappa shape index (κ1) is 29.0. The average Bonchev–Trinajstić information content (AvgIpc) is 2.37. The van der Waals surface area contributed by atoms with E-state index in [4.69, 9.17) is 29.4 Å². The minimum atomic E-state index is -3.52. The van der Waals surface area contributed by atoms with Crippen LogP contribution in [0.15, 0.2) is 0 Å². The Morgan fingerprint density at radius 3 is 1.07 bits per heavy atom. The molecule has 14 heteroatoms. The zero-order valence-corrected chi connectivity index (χ0v) is 26.0. The van der Waals surface area contributed by atoms with E-state index >= 15 is 0 Å². The molecule has 0 fully saturated rings. The van der Waals surface area contributed by atoms with Gasteiger partial charge in [-0.25, -0.2) is 0 Å². The summed E-state index contributed by atoms with van der Waals surface area (Å²) in [6, 6.07) is 0. The van der Waals surface area contributed by atoms with Crippen molar-refractivity contribution in [1.82, 2.24) is 0 Å². The highest BCUT2D eigenvalue weighted by atomic mass is 28.6. The van der Waals surface area contributed by atoms with E-state index in [1.165, 1.54) is 14.2 Å². The first-order valence-electron chi connectivity index (χ1n) is 9.44. The average molecular weight is 507 g/mol. The standard InChI is InChI=1S/C14H42O8Si6/c1-16-27(14-15,17-2)21-26(12,13)22-28(18-23(3,4)5,19-24(6,7)8)20-25(9,10)11/h15H,14H2,1-13H3. The molecule has 1 N–H and O–H groups in total. The lowest BCUT2D eigenvalue weighted by Crippen LogP contribution is -2.68. The Balaban J connectivity index is 6.12. The van der Waals surface area contributed by atoms with Gasteiger partial charge in [0.1, 0.15) is 6.23 Å². The zero-order chi connectivity index (χ0) is 22.7. The van der Waals surface area contributed by atoms with Crippen LogP contribution >= 0.6 is 0 Å². The number of aliphatic hydroxyl groups excluding tert-OH is 1. The van der Waals surface area contributed by atoms with Crippen LogP contribution < -0.4 is 0 Å². The van der Waals surface area contributed by atoms with E-state index in [9.17, 15) is 5.11 Å². The highest BCUT2D eigenvalue weighted by Crippen LogP contribution is 2.31. The molecule has 0 aromatic carbocycles. The Labute approximate surface area is 178 Å². The molecular formula is C14H42O8Si6. The quantitative estimate of drug-likeness (QED) is 0.380. The van der Waals surface area contributed by atoms with Crippen molar-refractivity contribution in [3.05, 3.63) is 0 Å². The minimum absolute atomic E-state index is 0.340. The molecule has 0 amide bonds. The normalized spacial score (nSPS) is 15.2. The van der Waals surface area contributed by atoms with Crippen molar-refractivity contribution in [1.29, 1.82) is 0 Å². The Morgan fingerprint density at radius 1 is 0.536 bits per heavy atom. The Kier molecular flexibility index (Phi) is 10.4. The first-order valence-corrected chi connectivity index (χ1v) is 26.0. The van der Waals surface area contributed by atoms with Gasteiger partial charge in [0.15, 0.2) is 25.0 Å². The summed E-state index contributed by atoms with van der Waals surface area (Å²) >= 11 is 0. The predicted molar refractivity (Wildman–Crippen MR) is 126 cm³/mol. The summed E-state index contributed by atoms with van der Waals surface area (Å²) in [6.07, 6.45) is -0.340. The van der Waals surface area contributed by atoms with E-state index in [0.717, 1.165) is 0 Å². The van der Waals surface area contributed by atoms with E-state index in [1.54, 1.807) is 0 Å². The van der Waals surface area contributed by atoms with Gasteiger partial charge in [-0.3, -0.25) is 0 Å². The second kappa shape index (κ2) is 10.1. The number of hydrogen-bond donors (Lipinski definition) is 1. The van der Waals surface area contributed by atoms with Crippen LogP contribution in [0.5, 0.6) is 0 Å². The Hall–Kier alpha value is 0.981. The zero-order valence-electron chi connectivity index (χ0n) is 20.0. The maximum absolute atomic E-state index is 9.79. The number of hydrogen-bond acceptors (Lipinski definition) is 8. The molecule has 0 aliphatic heterocycles. The molecule has 0 saturated carbocycles. The number of rotatable bonds is 13. The van der Waals surface area contributed by atoms with Crippen molar-refractivity contribution in [3.63, 3.8) is 0 Å². The summed E-state index contributed by atoms with van der Waals surface area (Å²) in [5.41, 5.74) is 0. The predicted octanol–water partition coefficient (Wildman–Crippen LogP) is 3.47. The second-order valence-corrected chi connectivity index (χ2v) is 33.1. The summed E-state index contributed by atoms with van der Waals surface area (Å²) in [4.78, 5) is 0. The van der Waals surface area contributed by atoms with Gasteiger partial charge in [0.05, 0.1) is 0 Å². The van der Waals surface area contributed by atoms with E-state index in [0.29, 0.717) is 0 Å². The van der Waals surface area contributed by atoms with Crippen LogP contribution in [0.2, 0.25) is 72.0 Å². The van der Waals surface area contributed by atoms with Crippen molar-refractivity contribution in [2.75, 3.05) is 20.4 Å². The second-order valence-electron chi connectivity index (χ2n) is 10.00.